The Morgan fingerprint density at radius 2 is 1.81 bits per heavy atom. The molecule has 0 unspecified atom stereocenters. The summed E-state index contributed by atoms with van der Waals surface area (Å²) in [5, 5.41) is 9.71. The van der Waals surface area contributed by atoms with Gasteiger partial charge in [-0.1, -0.05) is 42.2 Å². The fourth-order valence-corrected chi connectivity index (χ4v) is 5.89. The van der Waals surface area contributed by atoms with Gasteiger partial charge in [0.15, 0.2) is 0 Å². The van der Waals surface area contributed by atoms with Crippen LogP contribution >= 0.6 is 24.0 Å². The smallest absolute Gasteiger partial charge is 0.270 e. The number of pyridine rings is 1. The molecule has 0 atom stereocenters. The number of methoxy groups -OCH3 is 1. The second-order valence-electron chi connectivity index (χ2n) is 8.70. The van der Waals surface area contributed by atoms with E-state index in [0.717, 1.165) is 13.1 Å². The van der Waals surface area contributed by atoms with Crippen LogP contribution in [0.2, 0.25) is 0 Å². The SMILES string of the molecule is COCCCN1C(=O)C(=Cc2c(C)c(C#N)c(=O)n(C)c2N2CCN(c3ccccc3)CC2)SC1=S. The molecule has 1 aromatic heterocycles. The van der Waals surface area contributed by atoms with Gasteiger partial charge in [0.25, 0.3) is 11.5 Å². The number of thioether (sulfide) groups is 1. The lowest BCUT2D eigenvalue weighted by atomic mass is 10.0. The molecule has 8 nitrogen and oxygen atoms in total. The number of ether oxygens (including phenoxy) is 1. The van der Waals surface area contributed by atoms with Crippen molar-refractivity contribution < 1.29 is 9.53 Å². The number of hydrogen-bond donors (Lipinski definition) is 0. The highest BCUT2D eigenvalue weighted by Gasteiger charge is 2.33. The average Bonchev–Trinajstić information content (AvgIpc) is 3.16. The summed E-state index contributed by atoms with van der Waals surface area (Å²) in [4.78, 5) is 32.8. The number of rotatable bonds is 7. The fraction of sp³-hybridized carbons (Fsp3) is 0.385. The molecule has 1 amide bonds. The van der Waals surface area contributed by atoms with Gasteiger partial charge < -0.3 is 14.5 Å². The van der Waals surface area contributed by atoms with E-state index in [1.54, 1.807) is 32.1 Å². The minimum atomic E-state index is -0.334. The first-order valence-electron chi connectivity index (χ1n) is 11.8. The molecule has 0 spiro atoms. The molecular formula is C26H29N5O3S2. The topological polar surface area (TPSA) is 81.8 Å². The number of carbonyl (C=O) groups is 1. The van der Waals surface area contributed by atoms with Crippen LogP contribution in [0.25, 0.3) is 6.08 Å². The Balaban J connectivity index is 1.69. The third-order valence-electron chi connectivity index (χ3n) is 6.55. The minimum Gasteiger partial charge on any atom is -0.385 e. The zero-order chi connectivity index (χ0) is 25.8. The van der Waals surface area contributed by atoms with E-state index in [4.69, 9.17) is 17.0 Å². The third-order valence-corrected chi connectivity index (χ3v) is 7.93. The fourth-order valence-electron chi connectivity index (χ4n) is 4.60. The zero-order valence-electron chi connectivity index (χ0n) is 20.7. The molecule has 2 aliphatic rings. The summed E-state index contributed by atoms with van der Waals surface area (Å²) >= 11 is 6.72. The van der Waals surface area contributed by atoms with Gasteiger partial charge in [-0.2, -0.15) is 5.26 Å². The van der Waals surface area contributed by atoms with Crippen molar-refractivity contribution in [3.05, 3.63) is 62.3 Å². The van der Waals surface area contributed by atoms with E-state index in [9.17, 15) is 14.9 Å². The lowest BCUT2D eigenvalue weighted by Gasteiger charge is -2.38. The van der Waals surface area contributed by atoms with Crippen LogP contribution in [0.1, 0.15) is 23.1 Å². The van der Waals surface area contributed by atoms with Crippen molar-refractivity contribution in [1.29, 1.82) is 5.26 Å². The van der Waals surface area contributed by atoms with Crippen LogP contribution in [0.5, 0.6) is 0 Å². The average molecular weight is 524 g/mol. The summed E-state index contributed by atoms with van der Waals surface area (Å²) in [7, 11) is 3.31. The summed E-state index contributed by atoms with van der Waals surface area (Å²) in [6, 6.07) is 12.3. The van der Waals surface area contributed by atoms with Crippen LogP contribution in [0, 0.1) is 18.3 Å². The molecule has 0 saturated carbocycles. The van der Waals surface area contributed by atoms with Crippen molar-refractivity contribution in [3.63, 3.8) is 0 Å². The van der Waals surface area contributed by atoms with Crippen molar-refractivity contribution in [2.45, 2.75) is 13.3 Å². The Morgan fingerprint density at radius 3 is 2.44 bits per heavy atom. The Kier molecular flexibility index (Phi) is 8.14. The second-order valence-corrected chi connectivity index (χ2v) is 10.4. The molecular weight excluding hydrogens is 494 g/mol. The Hall–Kier alpha value is -3.13. The zero-order valence-corrected chi connectivity index (χ0v) is 22.3. The van der Waals surface area contributed by atoms with Crippen LogP contribution in [0.4, 0.5) is 11.5 Å². The second kappa shape index (κ2) is 11.3. The van der Waals surface area contributed by atoms with Gasteiger partial charge in [-0.25, -0.2) is 0 Å². The van der Waals surface area contributed by atoms with Gasteiger partial charge in [0.05, 0.1) is 4.91 Å². The summed E-state index contributed by atoms with van der Waals surface area (Å²) in [5.41, 5.74) is 2.20. The molecule has 4 rings (SSSR count). The monoisotopic (exact) mass is 523 g/mol. The number of carbonyl (C=O) groups excluding carboxylic acids is 1. The van der Waals surface area contributed by atoms with Gasteiger partial charge in [-0.05, 0) is 37.1 Å². The molecule has 36 heavy (non-hydrogen) atoms. The van der Waals surface area contributed by atoms with Gasteiger partial charge in [-0.3, -0.25) is 19.1 Å². The number of aromatic nitrogens is 1. The van der Waals surface area contributed by atoms with Gasteiger partial charge in [0.1, 0.15) is 21.8 Å². The van der Waals surface area contributed by atoms with Crippen LogP contribution in [-0.2, 0) is 16.6 Å². The number of amides is 1. The van der Waals surface area contributed by atoms with Crippen LogP contribution in [0.3, 0.4) is 0 Å². The van der Waals surface area contributed by atoms with Crippen LogP contribution in [-0.4, -0.2) is 66.1 Å². The molecule has 0 N–H and O–H groups in total. The van der Waals surface area contributed by atoms with Crippen molar-refractivity contribution >= 4 is 51.8 Å². The summed E-state index contributed by atoms with van der Waals surface area (Å²) in [6.07, 6.45) is 2.48. The standard InChI is InChI=1S/C26H29N5O3S2/c1-18-20(16-22-25(33)31(26(35)36-22)10-7-15-34-3)23(28(2)24(32)21(18)17-27)30-13-11-29(12-14-30)19-8-5-4-6-9-19/h4-6,8-9,16H,7,10-15H2,1-3H3. The van der Waals surface area contributed by atoms with Gasteiger partial charge in [0, 0.05) is 64.7 Å². The summed E-state index contributed by atoms with van der Waals surface area (Å²) in [6.45, 7) is 5.78. The summed E-state index contributed by atoms with van der Waals surface area (Å²) < 4.78 is 7.14. The molecule has 10 heteroatoms. The number of nitriles is 1. The van der Waals surface area contributed by atoms with E-state index < -0.39 is 0 Å². The van der Waals surface area contributed by atoms with E-state index in [0.29, 0.717) is 58.8 Å². The van der Waals surface area contributed by atoms with Crippen molar-refractivity contribution in [1.82, 2.24) is 9.47 Å². The van der Waals surface area contributed by atoms with E-state index in [1.165, 1.54) is 22.0 Å². The largest absolute Gasteiger partial charge is 0.385 e. The Morgan fingerprint density at radius 1 is 1.14 bits per heavy atom. The number of piperazine rings is 1. The molecule has 2 saturated heterocycles. The predicted octanol–water partition coefficient (Wildman–Crippen LogP) is 3.13. The molecule has 2 aliphatic heterocycles. The lowest BCUT2D eigenvalue weighted by molar-refractivity contribution is -0.122. The molecule has 2 aromatic rings. The molecule has 0 bridgehead atoms. The lowest BCUT2D eigenvalue weighted by Crippen LogP contribution is -2.48. The molecule has 2 fully saturated rings. The number of nitrogens with zero attached hydrogens (tertiary/aromatic N) is 5. The highest BCUT2D eigenvalue weighted by atomic mass is 32.2. The number of para-hydroxylation sites is 1. The Bertz CT molecular complexity index is 1290. The third kappa shape index (κ3) is 5.05. The molecule has 1 aromatic carbocycles. The first-order chi connectivity index (χ1) is 17.4. The maximum atomic E-state index is 13.2. The maximum Gasteiger partial charge on any atom is 0.270 e. The van der Waals surface area contributed by atoms with Crippen molar-refractivity contribution in [2.75, 3.05) is 56.2 Å². The Labute approximate surface area is 220 Å². The minimum absolute atomic E-state index is 0.0889. The number of thiocarbonyl (C=S) groups is 1. The van der Waals surface area contributed by atoms with Crippen molar-refractivity contribution in [2.24, 2.45) is 7.05 Å². The molecule has 3 heterocycles. The van der Waals surface area contributed by atoms with E-state index in [1.807, 2.05) is 18.2 Å². The summed E-state index contributed by atoms with van der Waals surface area (Å²) in [5.74, 6) is 0.557. The van der Waals surface area contributed by atoms with Crippen molar-refractivity contribution in [3.8, 4) is 6.07 Å². The number of hydrogen-bond acceptors (Lipinski definition) is 8. The van der Waals surface area contributed by atoms with E-state index in [2.05, 4.69) is 28.0 Å². The predicted molar refractivity (Wildman–Crippen MR) is 148 cm³/mol. The molecule has 0 radical (unpaired) electrons. The van der Waals surface area contributed by atoms with Gasteiger partial charge >= 0.3 is 0 Å². The quantitative estimate of drug-likeness (QED) is 0.311. The van der Waals surface area contributed by atoms with Gasteiger partial charge in [-0.15, -0.1) is 0 Å². The molecule has 188 valence electrons. The first-order valence-corrected chi connectivity index (χ1v) is 13.0. The highest BCUT2D eigenvalue weighted by Crippen LogP contribution is 2.36. The number of anilines is 2. The maximum absolute atomic E-state index is 13.2. The van der Waals surface area contributed by atoms with Crippen LogP contribution < -0.4 is 15.4 Å². The van der Waals surface area contributed by atoms with Crippen LogP contribution in [0.15, 0.2) is 40.0 Å². The first kappa shape index (κ1) is 25.9. The van der Waals surface area contributed by atoms with Gasteiger partial charge in [0.2, 0.25) is 0 Å². The highest BCUT2D eigenvalue weighted by molar-refractivity contribution is 8.26. The van der Waals surface area contributed by atoms with E-state index in [-0.39, 0.29) is 17.0 Å². The normalized spacial score (nSPS) is 17.3. The molecule has 0 aliphatic carbocycles. The number of benzene rings is 1. The van der Waals surface area contributed by atoms with E-state index >= 15 is 0 Å².